The van der Waals surface area contributed by atoms with E-state index in [9.17, 15) is 8.42 Å². The summed E-state index contributed by atoms with van der Waals surface area (Å²) in [5.74, 6) is 0.333. The van der Waals surface area contributed by atoms with E-state index in [0.29, 0.717) is 5.75 Å². The zero-order chi connectivity index (χ0) is 7.07. The van der Waals surface area contributed by atoms with Crippen molar-refractivity contribution in [3.05, 3.63) is 0 Å². The van der Waals surface area contributed by atoms with Crippen LogP contribution in [0.5, 0.6) is 0 Å². The molecule has 1 fully saturated rings. The molecule has 2 N–H and O–H groups in total. The van der Waals surface area contributed by atoms with Gasteiger partial charge in [-0.2, -0.15) is 0 Å². The summed E-state index contributed by atoms with van der Waals surface area (Å²) in [5.41, 5.74) is 5.39. The topological polar surface area (TPSA) is 60.2 Å². The first-order valence-electron chi connectivity index (χ1n) is 3.01. The van der Waals surface area contributed by atoms with Crippen molar-refractivity contribution in [1.82, 2.24) is 0 Å². The van der Waals surface area contributed by atoms with Gasteiger partial charge in [0.25, 0.3) is 0 Å². The van der Waals surface area contributed by atoms with Crippen LogP contribution in [0.2, 0.25) is 0 Å². The Morgan fingerprint density at radius 1 is 1.67 bits per heavy atom. The van der Waals surface area contributed by atoms with E-state index in [4.69, 9.17) is 5.73 Å². The minimum absolute atomic E-state index is 0.191. The van der Waals surface area contributed by atoms with Gasteiger partial charge in [0.05, 0.1) is 11.0 Å². The fraction of sp³-hybridized carbons (Fsp3) is 1.00. The first kappa shape index (κ1) is 7.02. The van der Waals surface area contributed by atoms with Gasteiger partial charge in [-0.15, -0.1) is 0 Å². The van der Waals surface area contributed by atoms with Crippen LogP contribution in [-0.4, -0.2) is 25.5 Å². The zero-order valence-corrected chi connectivity index (χ0v) is 6.19. The molecule has 0 aromatic rings. The quantitative estimate of drug-likeness (QED) is 0.548. The molecule has 1 rings (SSSR count). The van der Waals surface area contributed by atoms with Gasteiger partial charge in [0.2, 0.25) is 0 Å². The highest BCUT2D eigenvalue weighted by atomic mass is 32.2. The van der Waals surface area contributed by atoms with E-state index in [-0.39, 0.29) is 11.3 Å². The largest absolute Gasteiger partial charge is 0.327 e. The summed E-state index contributed by atoms with van der Waals surface area (Å²) >= 11 is 0. The highest BCUT2D eigenvalue weighted by molar-refractivity contribution is 7.93. The maximum atomic E-state index is 10.8. The second-order valence-electron chi connectivity index (χ2n) is 2.55. The molecule has 1 saturated heterocycles. The lowest BCUT2D eigenvalue weighted by molar-refractivity contribution is 0.519. The molecule has 0 aromatic carbocycles. The van der Waals surface area contributed by atoms with Gasteiger partial charge in [-0.3, -0.25) is 0 Å². The summed E-state index contributed by atoms with van der Waals surface area (Å²) in [5, 5.41) is -0.252. The van der Waals surface area contributed by atoms with Crippen LogP contribution in [0.15, 0.2) is 0 Å². The average Bonchev–Trinajstić information content (AvgIpc) is 1.62. The Labute approximate surface area is 55.2 Å². The minimum atomic E-state index is -2.75. The number of hydrogen-bond donors (Lipinski definition) is 1. The second-order valence-corrected chi connectivity index (χ2v) is 4.89. The van der Waals surface area contributed by atoms with E-state index in [0.717, 1.165) is 6.42 Å². The van der Waals surface area contributed by atoms with Gasteiger partial charge in [0, 0.05) is 6.04 Å². The number of sulfone groups is 1. The smallest absolute Gasteiger partial charge is 0.154 e. The van der Waals surface area contributed by atoms with Gasteiger partial charge in [-0.25, -0.2) is 8.42 Å². The molecule has 0 saturated carbocycles. The highest BCUT2D eigenvalue weighted by Crippen LogP contribution is 2.22. The molecule has 1 aliphatic heterocycles. The third-order valence-corrected chi connectivity index (χ3v) is 4.13. The lowest BCUT2D eigenvalue weighted by Gasteiger charge is -2.28. The van der Waals surface area contributed by atoms with Crippen LogP contribution < -0.4 is 5.73 Å². The standard InChI is InChI=1S/C5H11NO2S/c1-4(6)5-2-3-9(5,7)8/h4-5H,2-3,6H2,1H3. The Hall–Kier alpha value is -0.0900. The summed E-state index contributed by atoms with van der Waals surface area (Å²) in [4.78, 5) is 0. The normalized spacial score (nSPS) is 35.1. The lowest BCUT2D eigenvalue weighted by atomic mass is 10.2. The van der Waals surface area contributed by atoms with Crippen molar-refractivity contribution in [2.75, 3.05) is 5.75 Å². The van der Waals surface area contributed by atoms with E-state index < -0.39 is 9.84 Å². The van der Waals surface area contributed by atoms with Crippen LogP contribution in [0.1, 0.15) is 13.3 Å². The van der Waals surface area contributed by atoms with E-state index in [1.54, 1.807) is 6.92 Å². The highest BCUT2D eigenvalue weighted by Gasteiger charge is 2.37. The molecule has 2 unspecified atom stereocenters. The molecule has 1 heterocycles. The molecule has 0 aliphatic carbocycles. The molecule has 54 valence electrons. The number of nitrogens with two attached hydrogens (primary N) is 1. The van der Waals surface area contributed by atoms with Crippen LogP contribution in [0.3, 0.4) is 0 Å². The third-order valence-electron chi connectivity index (χ3n) is 1.73. The van der Waals surface area contributed by atoms with E-state index in [1.807, 2.05) is 0 Å². The third kappa shape index (κ3) is 1.09. The minimum Gasteiger partial charge on any atom is -0.327 e. The SMILES string of the molecule is CC(N)C1CCS1(=O)=O. The van der Waals surface area contributed by atoms with Crippen molar-refractivity contribution >= 4 is 9.84 Å². The van der Waals surface area contributed by atoms with Crippen molar-refractivity contribution in [2.24, 2.45) is 5.73 Å². The number of hydrogen-bond acceptors (Lipinski definition) is 3. The first-order valence-corrected chi connectivity index (χ1v) is 4.73. The van der Waals surface area contributed by atoms with Crippen LogP contribution in [0.4, 0.5) is 0 Å². The van der Waals surface area contributed by atoms with Gasteiger partial charge >= 0.3 is 0 Å². The molecule has 0 radical (unpaired) electrons. The van der Waals surface area contributed by atoms with E-state index in [2.05, 4.69) is 0 Å². The Balaban J connectivity index is 2.67. The maximum Gasteiger partial charge on any atom is 0.154 e. The van der Waals surface area contributed by atoms with Crippen molar-refractivity contribution in [3.63, 3.8) is 0 Å². The summed E-state index contributed by atoms with van der Waals surface area (Å²) in [7, 11) is -2.75. The second kappa shape index (κ2) is 1.95. The Morgan fingerprint density at radius 3 is 2.22 bits per heavy atom. The first-order chi connectivity index (χ1) is 4.04. The van der Waals surface area contributed by atoms with Crippen LogP contribution in [0.25, 0.3) is 0 Å². The van der Waals surface area contributed by atoms with Crippen LogP contribution >= 0.6 is 0 Å². The molecular weight excluding hydrogens is 138 g/mol. The average molecular weight is 149 g/mol. The molecule has 0 aromatic heterocycles. The lowest BCUT2D eigenvalue weighted by Crippen LogP contribution is -2.47. The Kier molecular flexibility index (Phi) is 1.52. The molecular formula is C5H11NO2S. The summed E-state index contributed by atoms with van der Waals surface area (Å²) in [6.45, 7) is 1.74. The molecule has 3 nitrogen and oxygen atoms in total. The number of rotatable bonds is 1. The monoisotopic (exact) mass is 149 g/mol. The Bertz CT molecular complexity index is 195. The summed E-state index contributed by atoms with van der Waals surface area (Å²) in [6, 6.07) is -0.191. The fourth-order valence-electron chi connectivity index (χ4n) is 1.04. The molecule has 0 bridgehead atoms. The van der Waals surface area contributed by atoms with Gasteiger partial charge in [0.1, 0.15) is 0 Å². The van der Waals surface area contributed by atoms with Gasteiger partial charge in [-0.1, -0.05) is 0 Å². The van der Waals surface area contributed by atoms with E-state index in [1.165, 1.54) is 0 Å². The summed E-state index contributed by atoms with van der Waals surface area (Å²) in [6.07, 6.45) is 0.750. The van der Waals surface area contributed by atoms with E-state index >= 15 is 0 Å². The van der Waals surface area contributed by atoms with Crippen molar-refractivity contribution in [3.8, 4) is 0 Å². The molecule has 2 atom stereocenters. The summed E-state index contributed by atoms with van der Waals surface area (Å²) < 4.78 is 21.6. The molecule has 9 heavy (non-hydrogen) atoms. The molecule has 0 amide bonds. The van der Waals surface area contributed by atoms with Gasteiger partial charge in [0.15, 0.2) is 9.84 Å². The van der Waals surface area contributed by atoms with Crippen molar-refractivity contribution in [1.29, 1.82) is 0 Å². The van der Waals surface area contributed by atoms with Gasteiger partial charge in [-0.05, 0) is 13.3 Å². The predicted octanol–water partition coefficient (Wildman–Crippen LogP) is -0.479. The predicted molar refractivity (Wildman–Crippen MR) is 35.8 cm³/mol. The van der Waals surface area contributed by atoms with Crippen molar-refractivity contribution in [2.45, 2.75) is 24.6 Å². The molecule has 0 spiro atoms. The zero-order valence-electron chi connectivity index (χ0n) is 5.37. The van der Waals surface area contributed by atoms with Crippen molar-refractivity contribution < 1.29 is 8.42 Å². The fourth-order valence-corrected chi connectivity index (χ4v) is 2.58. The molecule has 1 aliphatic rings. The van der Waals surface area contributed by atoms with Crippen LogP contribution in [0, 0.1) is 0 Å². The van der Waals surface area contributed by atoms with Gasteiger partial charge < -0.3 is 5.73 Å². The maximum absolute atomic E-state index is 10.8. The Morgan fingerprint density at radius 2 is 2.22 bits per heavy atom. The molecule has 4 heteroatoms. The van der Waals surface area contributed by atoms with Crippen LogP contribution in [-0.2, 0) is 9.84 Å².